The van der Waals surface area contributed by atoms with Crippen LogP contribution < -0.4 is 0 Å². The van der Waals surface area contributed by atoms with Gasteiger partial charge in [-0.25, -0.2) is 4.98 Å². The minimum atomic E-state index is 0.173. The Labute approximate surface area is 168 Å². The van der Waals surface area contributed by atoms with E-state index in [4.69, 9.17) is 27.6 Å². The number of oxazole rings is 1. The van der Waals surface area contributed by atoms with Gasteiger partial charge in [0.05, 0.1) is 11.4 Å². The van der Waals surface area contributed by atoms with E-state index in [-0.39, 0.29) is 5.91 Å². The molecule has 0 aliphatic carbocycles. The van der Waals surface area contributed by atoms with E-state index in [0.29, 0.717) is 39.4 Å². The van der Waals surface area contributed by atoms with Gasteiger partial charge in [0.25, 0.3) is 0 Å². The predicted octanol–water partition coefficient (Wildman–Crippen LogP) is 5.60. The lowest BCUT2D eigenvalue weighted by Crippen LogP contribution is -2.38. The molecule has 0 N–H and O–H groups in total. The molecule has 2 heterocycles. The van der Waals surface area contributed by atoms with Crippen LogP contribution in [-0.2, 0) is 11.2 Å². The maximum Gasteiger partial charge on any atom is 0.227 e. The third-order valence-corrected chi connectivity index (χ3v) is 5.57. The zero-order valence-electron chi connectivity index (χ0n) is 15.0. The molecule has 140 valence electrons. The van der Waals surface area contributed by atoms with Gasteiger partial charge in [0, 0.05) is 23.7 Å². The first kappa shape index (κ1) is 18.3. The second kappa shape index (κ2) is 7.53. The summed E-state index contributed by atoms with van der Waals surface area (Å²) in [5.41, 5.74) is 2.89. The van der Waals surface area contributed by atoms with Crippen molar-refractivity contribution in [2.45, 2.75) is 26.2 Å². The van der Waals surface area contributed by atoms with E-state index in [2.05, 4.69) is 11.9 Å². The Morgan fingerprint density at radius 3 is 2.78 bits per heavy atom. The van der Waals surface area contributed by atoms with Crippen molar-refractivity contribution in [2.24, 2.45) is 5.92 Å². The summed E-state index contributed by atoms with van der Waals surface area (Å²) in [4.78, 5) is 19.1. The van der Waals surface area contributed by atoms with Crippen LogP contribution in [0.3, 0.4) is 0 Å². The average molecular weight is 403 g/mol. The van der Waals surface area contributed by atoms with Crippen molar-refractivity contribution >= 4 is 40.2 Å². The molecule has 2 aromatic carbocycles. The summed E-state index contributed by atoms with van der Waals surface area (Å²) < 4.78 is 5.83. The van der Waals surface area contributed by atoms with Crippen molar-refractivity contribution < 1.29 is 9.21 Å². The van der Waals surface area contributed by atoms with Gasteiger partial charge in [-0.2, -0.15) is 0 Å². The zero-order valence-corrected chi connectivity index (χ0v) is 16.6. The number of nitrogens with zero attached hydrogens (tertiary/aromatic N) is 2. The number of aromatic nitrogens is 1. The van der Waals surface area contributed by atoms with E-state index in [1.54, 1.807) is 12.1 Å². The first-order valence-electron chi connectivity index (χ1n) is 9.12. The molecule has 0 saturated carbocycles. The first-order chi connectivity index (χ1) is 13.0. The Bertz CT molecular complexity index is 991. The standard InChI is InChI=1S/C21H20Cl2N2O2/c1-13-5-7-25(8-6-13)19(26)10-14-3-2-4-15(9-14)21-24-18-12-16(22)11-17(23)20(18)27-21/h2-4,9,11-13H,5-8,10H2,1H3. The largest absolute Gasteiger partial charge is 0.435 e. The predicted molar refractivity (Wildman–Crippen MR) is 108 cm³/mol. The van der Waals surface area contributed by atoms with Crippen LogP contribution in [-0.4, -0.2) is 28.9 Å². The van der Waals surface area contributed by atoms with Crippen molar-refractivity contribution in [3.05, 3.63) is 52.0 Å². The highest BCUT2D eigenvalue weighted by Gasteiger charge is 2.20. The smallest absolute Gasteiger partial charge is 0.227 e. The molecule has 0 radical (unpaired) electrons. The van der Waals surface area contributed by atoms with Crippen molar-refractivity contribution in [3.63, 3.8) is 0 Å². The van der Waals surface area contributed by atoms with Crippen LogP contribution in [0.2, 0.25) is 10.0 Å². The molecule has 1 aromatic heterocycles. The molecule has 0 atom stereocenters. The Morgan fingerprint density at radius 2 is 2.00 bits per heavy atom. The quantitative estimate of drug-likeness (QED) is 0.572. The van der Waals surface area contributed by atoms with E-state index in [0.717, 1.165) is 37.1 Å². The molecule has 1 saturated heterocycles. The molecule has 4 rings (SSSR count). The van der Waals surface area contributed by atoms with Crippen LogP contribution in [0.25, 0.3) is 22.6 Å². The second-order valence-corrected chi connectivity index (χ2v) is 8.04. The van der Waals surface area contributed by atoms with Crippen LogP contribution in [0.4, 0.5) is 0 Å². The zero-order chi connectivity index (χ0) is 19.0. The average Bonchev–Trinajstić information content (AvgIpc) is 3.07. The lowest BCUT2D eigenvalue weighted by molar-refractivity contribution is -0.131. The number of hydrogen-bond acceptors (Lipinski definition) is 3. The summed E-state index contributed by atoms with van der Waals surface area (Å²) in [5.74, 6) is 1.35. The Hall–Kier alpha value is -2.04. The van der Waals surface area contributed by atoms with Crippen LogP contribution in [0.1, 0.15) is 25.3 Å². The number of carbonyl (C=O) groups excluding carboxylic acids is 1. The summed E-state index contributed by atoms with van der Waals surface area (Å²) in [6.45, 7) is 3.94. The van der Waals surface area contributed by atoms with E-state index < -0.39 is 0 Å². The lowest BCUT2D eigenvalue weighted by Gasteiger charge is -2.30. The molecule has 1 aliphatic heterocycles. The first-order valence-corrected chi connectivity index (χ1v) is 9.88. The summed E-state index contributed by atoms with van der Waals surface area (Å²) in [6, 6.07) is 11.1. The minimum Gasteiger partial charge on any atom is -0.435 e. The Kier molecular flexibility index (Phi) is 5.11. The fourth-order valence-corrected chi connectivity index (χ4v) is 3.96. The molecular formula is C21H20Cl2N2O2. The molecule has 1 aliphatic rings. The van der Waals surface area contributed by atoms with Crippen LogP contribution >= 0.6 is 23.2 Å². The van der Waals surface area contributed by atoms with E-state index in [1.165, 1.54) is 0 Å². The normalized spacial score (nSPS) is 15.4. The summed E-state index contributed by atoms with van der Waals surface area (Å²) in [7, 11) is 0. The number of benzene rings is 2. The second-order valence-electron chi connectivity index (χ2n) is 7.20. The van der Waals surface area contributed by atoms with Gasteiger partial charge >= 0.3 is 0 Å². The highest BCUT2D eigenvalue weighted by molar-refractivity contribution is 6.38. The van der Waals surface area contributed by atoms with Crippen molar-refractivity contribution in [1.82, 2.24) is 9.88 Å². The van der Waals surface area contributed by atoms with E-state index in [9.17, 15) is 4.79 Å². The van der Waals surface area contributed by atoms with Gasteiger partial charge in [-0.15, -0.1) is 0 Å². The molecule has 0 bridgehead atoms. The maximum atomic E-state index is 12.6. The Balaban J connectivity index is 1.56. The fourth-order valence-electron chi connectivity index (χ4n) is 3.44. The van der Waals surface area contributed by atoms with Crippen LogP contribution in [0.15, 0.2) is 40.8 Å². The van der Waals surface area contributed by atoms with Gasteiger partial charge in [0.15, 0.2) is 5.58 Å². The minimum absolute atomic E-state index is 0.173. The molecule has 3 aromatic rings. The van der Waals surface area contributed by atoms with Gasteiger partial charge in [-0.1, -0.05) is 42.3 Å². The fraction of sp³-hybridized carbons (Fsp3) is 0.333. The molecule has 27 heavy (non-hydrogen) atoms. The third kappa shape index (κ3) is 3.97. The number of carbonyl (C=O) groups is 1. The van der Waals surface area contributed by atoms with Crippen molar-refractivity contribution in [2.75, 3.05) is 13.1 Å². The molecule has 1 amide bonds. The SMILES string of the molecule is CC1CCN(C(=O)Cc2cccc(-c3nc4cc(Cl)cc(Cl)c4o3)c2)CC1. The monoisotopic (exact) mass is 402 g/mol. The summed E-state index contributed by atoms with van der Waals surface area (Å²) >= 11 is 12.2. The summed E-state index contributed by atoms with van der Waals surface area (Å²) in [5, 5.41) is 0.949. The topological polar surface area (TPSA) is 46.3 Å². The van der Waals surface area contributed by atoms with Crippen molar-refractivity contribution in [1.29, 1.82) is 0 Å². The van der Waals surface area contributed by atoms with Crippen LogP contribution in [0.5, 0.6) is 0 Å². The molecular weight excluding hydrogens is 383 g/mol. The van der Waals surface area contributed by atoms with Crippen molar-refractivity contribution in [3.8, 4) is 11.5 Å². The number of halogens is 2. The lowest BCUT2D eigenvalue weighted by atomic mass is 9.98. The molecule has 4 nitrogen and oxygen atoms in total. The Morgan fingerprint density at radius 1 is 1.22 bits per heavy atom. The summed E-state index contributed by atoms with van der Waals surface area (Å²) in [6.07, 6.45) is 2.55. The van der Waals surface area contributed by atoms with Gasteiger partial charge < -0.3 is 9.32 Å². The third-order valence-electron chi connectivity index (χ3n) is 5.08. The van der Waals surface area contributed by atoms with E-state index >= 15 is 0 Å². The molecule has 0 spiro atoms. The van der Waals surface area contributed by atoms with Crippen LogP contribution in [0, 0.1) is 5.92 Å². The maximum absolute atomic E-state index is 12.6. The number of hydrogen-bond donors (Lipinski definition) is 0. The van der Waals surface area contributed by atoms with Gasteiger partial charge in [-0.05, 0) is 48.6 Å². The van der Waals surface area contributed by atoms with E-state index in [1.807, 2.05) is 29.2 Å². The number of piperidine rings is 1. The molecule has 0 unspecified atom stereocenters. The highest BCUT2D eigenvalue weighted by Crippen LogP contribution is 2.32. The molecule has 6 heteroatoms. The number of likely N-dealkylation sites (tertiary alicyclic amines) is 1. The number of fused-ring (bicyclic) bond motifs is 1. The molecule has 1 fully saturated rings. The highest BCUT2D eigenvalue weighted by atomic mass is 35.5. The van der Waals surface area contributed by atoms with Gasteiger partial charge in [-0.3, -0.25) is 4.79 Å². The van der Waals surface area contributed by atoms with Gasteiger partial charge in [0.2, 0.25) is 11.8 Å². The number of amides is 1. The number of rotatable bonds is 3. The van der Waals surface area contributed by atoms with Gasteiger partial charge in [0.1, 0.15) is 5.52 Å².